The van der Waals surface area contributed by atoms with Crippen molar-refractivity contribution in [1.82, 2.24) is 4.90 Å². The minimum atomic E-state index is -0.879. The lowest BCUT2D eigenvalue weighted by molar-refractivity contribution is -0.144. The van der Waals surface area contributed by atoms with Gasteiger partial charge in [-0.05, 0) is 24.6 Å². The fourth-order valence-electron chi connectivity index (χ4n) is 3.37. The van der Waals surface area contributed by atoms with Crippen molar-refractivity contribution in [2.45, 2.75) is 25.1 Å². The smallest absolute Gasteiger partial charge is 0.340 e. The third-order valence-electron chi connectivity index (χ3n) is 4.61. The first-order valence-corrected chi connectivity index (χ1v) is 8.60. The lowest BCUT2D eigenvalue weighted by Crippen LogP contribution is -2.43. The Morgan fingerprint density at radius 3 is 2.65 bits per heavy atom. The summed E-state index contributed by atoms with van der Waals surface area (Å²) in [4.78, 5) is 38.6. The predicted octanol–water partition coefficient (Wildman–Crippen LogP) is 3.14. The van der Waals surface area contributed by atoms with E-state index in [1.807, 2.05) is 0 Å². The molecule has 0 spiro atoms. The minimum absolute atomic E-state index is 0.219. The van der Waals surface area contributed by atoms with E-state index in [9.17, 15) is 14.4 Å². The van der Waals surface area contributed by atoms with Crippen LogP contribution in [0.25, 0.3) is 0 Å². The number of nitrogens with zero attached hydrogens (tertiary/aromatic N) is 1. The molecule has 2 heterocycles. The number of hydrogen-bond donors (Lipinski definition) is 1. The van der Waals surface area contributed by atoms with Gasteiger partial charge in [0.25, 0.3) is 0 Å². The Hall–Kier alpha value is -2.86. The molecule has 2 aromatic rings. The molecule has 1 saturated heterocycles. The van der Waals surface area contributed by atoms with Crippen molar-refractivity contribution in [3.05, 3.63) is 64.7 Å². The topological polar surface area (TPSA) is 75.7 Å². The van der Waals surface area contributed by atoms with Gasteiger partial charge in [-0.1, -0.05) is 41.9 Å². The zero-order chi connectivity index (χ0) is 18.3. The number of esters is 1. The number of carbonyl (C=O) groups excluding carboxylic acids is 3. The number of carbonyl (C=O) groups is 3. The van der Waals surface area contributed by atoms with Crippen LogP contribution < -0.4 is 5.32 Å². The summed E-state index contributed by atoms with van der Waals surface area (Å²) in [6.45, 7) is 0. The number of anilines is 1. The van der Waals surface area contributed by atoms with Crippen LogP contribution in [0.3, 0.4) is 0 Å². The van der Waals surface area contributed by atoms with E-state index in [-0.39, 0.29) is 18.2 Å². The summed E-state index contributed by atoms with van der Waals surface area (Å²) < 4.78 is 5.40. The zero-order valence-electron chi connectivity index (χ0n) is 13.6. The molecule has 7 heteroatoms. The normalized spacial score (nSPS) is 21.5. The number of halogens is 1. The second-order valence-corrected chi connectivity index (χ2v) is 6.58. The van der Waals surface area contributed by atoms with Gasteiger partial charge >= 0.3 is 5.97 Å². The van der Waals surface area contributed by atoms with Crippen LogP contribution in [0.5, 0.6) is 0 Å². The highest BCUT2D eigenvalue weighted by Gasteiger charge is 2.46. The number of cyclic esters (lactones) is 1. The van der Waals surface area contributed by atoms with Crippen LogP contribution in [0.1, 0.15) is 35.0 Å². The Bertz CT molecular complexity index is 914. The van der Waals surface area contributed by atoms with Crippen molar-refractivity contribution in [1.29, 1.82) is 0 Å². The molecular weight excluding hydrogens is 356 g/mol. The summed E-state index contributed by atoms with van der Waals surface area (Å²) in [5.41, 5.74) is 1.49. The first-order valence-electron chi connectivity index (χ1n) is 8.23. The van der Waals surface area contributed by atoms with Gasteiger partial charge in [-0.15, -0.1) is 0 Å². The second kappa shape index (κ2) is 6.46. The second-order valence-electron chi connectivity index (χ2n) is 6.17. The SMILES string of the molecule is O=C1OC(N2C(=O)CCC2C(=O)Nc2ccccc2Cl)c2ccccc21. The number of rotatable bonds is 3. The summed E-state index contributed by atoms with van der Waals surface area (Å²) in [5, 5.41) is 3.17. The molecule has 132 valence electrons. The molecule has 0 bridgehead atoms. The highest BCUT2D eigenvalue weighted by atomic mass is 35.5. The average molecular weight is 371 g/mol. The van der Waals surface area contributed by atoms with Gasteiger partial charge in [0.05, 0.1) is 16.3 Å². The number of hydrogen-bond acceptors (Lipinski definition) is 4. The van der Waals surface area contributed by atoms with E-state index in [0.29, 0.717) is 28.3 Å². The van der Waals surface area contributed by atoms with Crippen molar-refractivity contribution in [2.24, 2.45) is 0 Å². The van der Waals surface area contributed by atoms with Gasteiger partial charge in [-0.3, -0.25) is 14.5 Å². The first kappa shape index (κ1) is 16.6. The number of amides is 2. The molecule has 0 radical (unpaired) electrons. The number of para-hydroxylation sites is 1. The van der Waals surface area contributed by atoms with Gasteiger partial charge in [-0.2, -0.15) is 0 Å². The number of likely N-dealkylation sites (tertiary alicyclic amines) is 1. The molecule has 0 saturated carbocycles. The maximum absolute atomic E-state index is 12.8. The van der Waals surface area contributed by atoms with Crippen LogP contribution in [-0.4, -0.2) is 28.7 Å². The van der Waals surface area contributed by atoms with Gasteiger partial charge in [0, 0.05) is 12.0 Å². The van der Waals surface area contributed by atoms with E-state index in [2.05, 4.69) is 5.32 Å². The van der Waals surface area contributed by atoms with Crippen molar-refractivity contribution < 1.29 is 19.1 Å². The summed E-state index contributed by atoms with van der Waals surface area (Å²) in [7, 11) is 0. The van der Waals surface area contributed by atoms with Crippen molar-refractivity contribution >= 4 is 35.1 Å². The summed E-state index contributed by atoms with van der Waals surface area (Å²) in [5.74, 6) is -1.07. The lowest BCUT2D eigenvalue weighted by atomic mass is 10.1. The van der Waals surface area contributed by atoms with Gasteiger partial charge in [0.2, 0.25) is 18.0 Å². The van der Waals surface area contributed by atoms with Gasteiger partial charge < -0.3 is 10.1 Å². The third kappa shape index (κ3) is 2.72. The Kier molecular flexibility index (Phi) is 4.12. The van der Waals surface area contributed by atoms with Gasteiger partial charge in [-0.25, -0.2) is 4.79 Å². The molecule has 2 atom stereocenters. The fraction of sp³-hybridized carbons (Fsp3) is 0.211. The Labute approximate surface area is 154 Å². The Morgan fingerprint density at radius 2 is 1.85 bits per heavy atom. The molecule has 4 rings (SSSR count). The number of fused-ring (bicyclic) bond motifs is 1. The molecule has 0 aromatic heterocycles. The van der Waals surface area contributed by atoms with Crippen LogP contribution in [0.4, 0.5) is 5.69 Å². The van der Waals surface area contributed by atoms with Crippen LogP contribution in [0, 0.1) is 0 Å². The number of benzene rings is 2. The van der Waals surface area contributed by atoms with E-state index in [0.717, 1.165) is 0 Å². The van der Waals surface area contributed by atoms with E-state index in [4.69, 9.17) is 16.3 Å². The van der Waals surface area contributed by atoms with Crippen LogP contribution in [0.2, 0.25) is 5.02 Å². The molecule has 2 aliphatic heterocycles. The number of ether oxygens (including phenoxy) is 1. The van der Waals surface area contributed by atoms with E-state index in [1.165, 1.54) is 4.90 Å². The van der Waals surface area contributed by atoms with Crippen molar-refractivity contribution in [3.63, 3.8) is 0 Å². The molecule has 6 nitrogen and oxygen atoms in total. The Morgan fingerprint density at radius 1 is 1.12 bits per heavy atom. The molecule has 0 aliphatic carbocycles. The molecular formula is C19H15ClN2O4. The number of nitrogens with one attached hydrogen (secondary N) is 1. The Balaban J connectivity index is 1.62. The van der Waals surface area contributed by atoms with E-state index < -0.39 is 18.2 Å². The first-order chi connectivity index (χ1) is 12.6. The van der Waals surface area contributed by atoms with Crippen LogP contribution in [-0.2, 0) is 14.3 Å². The zero-order valence-corrected chi connectivity index (χ0v) is 14.4. The molecule has 2 unspecified atom stereocenters. The quantitative estimate of drug-likeness (QED) is 0.842. The van der Waals surface area contributed by atoms with Crippen molar-refractivity contribution in [2.75, 3.05) is 5.32 Å². The van der Waals surface area contributed by atoms with Gasteiger partial charge in [0.1, 0.15) is 6.04 Å². The molecule has 1 fully saturated rings. The van der Waals surface area contributed by atoms with E-state index >= 15 is 0 Å². The van der Waals surface area contributed by atoms with Gasteiger partial charge in [0.15, 0.2) is 0 Å². The standard InChI is InChI=1S/C19H15ClN2O4/c20-13-7-3-4-8-14(13)21-17(24)15-9-10-16(23)22(15)18-11-5-1-2-6-12(11)19(25)26-18/h1-8,15,18H,9-10H2,(H,21,24). The highest BCUT2D eigenvalue weighted by molar-refractivity contribution is 6.33. The average Bonchev–Trinajstić information content (AvgIpc) is 3.17. The summed E-state index contributed by atoms with van der Waals surface area (Å²) in [6.07, 6.45) is -0.307. The maximum Gasteiger partial charge on any atom is 0.340 e. The monoisotopic (exact) mass is 370 g/mol. The summed E-state index contributed by atoms with van der Waals surface area (Å²) in [6, 6.07) is 13.0. The van der Waals surface area contributed by atoms with Crippen LogP contribution in [0.15, 0.2) is 48.5 Å². The molecule has 2 amide bonds. The molecule has 1 N–H and O–H groups in total. The fourth-order valence-corrected chi connectivity index (χ4v) is 3.55. The summed E-state index contributed by atoms with van der Waals surface area (Å²) >= 11 is 6.09. The maximum atomic E-state index is 12.8. The molecule has 26 heavy (non-hydrogen) atoms. The lowest BCUT2D eigenvalue weighted by Gasteiger charge is -2.29. The van der Waals surface area contributed by atoms with E-state index in [1.54, 1.807) is 48.5 Å². The highest BCUT2D eigenvalue weighted by Crippen LogP contribution is 2.38. The molecule has 2 aromatic carbocycles. The minimum Gasteiger partial charge on any atom is -0.433 e. The predicted molar refractivity (Wildman–Crippen MR) is 94.5 cm³/mol. The van der Waals surface area contributed by atoms with Crippen LogP contribution >= 0.6 is 11.6 Å². The third-order valence-corrected chi connectivity index (χ3v) is 4.94. The van der Waals surface area contributed by atoms with Crippen molar-refractivity contribution in [3.8, 4) is 0 Å². The largest absolute Gasteiger partial charge is 0.433 e. The molecule has 2 aliphatic rings.